The molecular weight excluding hydrogens is 300 g/mol. The fourth-order valence-electron chi connectivity index (χ4n) is 1.92. The Morgan fingerprint density at radius 3 is 2.27 bits per heavy atom. The lowest BCUT2D eigenvalue weighted by Crippen LogP contribution is -2.28. The summed E-state index contributed by atoms with van der Waals surface area (Å²) in [6.07, 6.45) is 0.544. The molecule has 0 saturated heterocycles. The molecule has 0 aromatic heterocycles. The molecule has 2 aromatic carbocycles. The molecule has 0 aliphatic heterocycles. The fraction of sp³-hybridized carbons (Fsp3) is 0.176. The zero-order chi connectivity index (χ0) is 15.8. The van der Waals surface area contributed by atoms with Crippen LogP contribution in [0, 0.1) is 0 Å². The van der Waals surface area contributed by atoms with E-state index in [4.69, 9.17) is 11.6 Å². The van der Waals surface area contributed by atoms with Gasteiger partial charge in [-0.25, -0.2) is 0 Å². The van der Waals surface area contributed by atoms with Gasteiger partial charge in [-0.1, -0.05) is 41.9 Å². The van der Waals surface area contributed by atoms with Crippen LogP contribution in [0.1, 0.15) is 12.0 Å². The van der Waals surface area contributed by atoms with Crippen LogP contribution >= 0.6 is 11.6 Å². The van der Waals surface area contributed by atoms with Gasteiger partial charge in [0.25, 0.3) is 0 Å². The Morgan fingerprint density at radius 2 is 1.59 bits per heavy atom. The van der Waals surface area contributed by atoms with Gasteiger partial charge < -0.3 is 10.6 Å². The highest BCUT2D eigenvalue weighted by Crippen LogP contribution is 2.13. The highest BCUT2D eigenvalue weighted by atomic mass is 35.5. The van der Waals surface area contributed by atoms with Crippen molar-refractivity contribution in [2.45, 2.75) is 12.8 Å². The minimum Gasteiger partial charge on any atom is -0.355 e. The summed E-state index contributed by atoms with van der Waals surface area (Å²) in [5.74, 6) is -0.243. The van der Waals surface area contributed by atoms with Crippen LogP contribution in [0.2, 0.25) is 5.02 Å². The number of nitrogens with one attached hydrogen (secondary N) is 2. The Balaban J connectivity index is 1.68. The second kappa shape index (κ2) is 8.20. The zero-order valence-electron chi connectivity index (χ0n) is 12.0. The maximum absolute atomic E-state index is 11.7. The van der Waals surface area contributed by atoms with Crippen LogP contribution in [-0.2, 0) is 16.0 Å². The first-order valence-corrected chi connectivity index (χ1v) is 7.37. The molecule has 0 atom stereocenters. The van der Waals surface area contributed by atoms with E-state index in [9.17, 15) is 9.59 Å². The van der Waals surface area contributed by atoms with Gasteiger partial charge in [0.15, 0.2) is 0 Å². The fourth-order valence-corrected chi connectivity index (χ4v) is 2.04. The molecule has 22 heavy (non-hydrogen) atoms. The highest BCUT2D eigenvalue weighted by Gasteiger charge is 2.05. The lowest BCUT2D eigenvalue weighted by Gasteiger charge is -2.07. The summed E-state index contributed by atoms with van der Waals surface area (Å²) in [5.41, 5.74) is 1.63. The maximum atomic E-state index is 11.7. The Labute approximate surface area is 134 Å². The van der Waals surface area contributed by atoms with Gasteiger partial charge in [-0.05, 0) is 29.8 Å². The van der Waals surface area contributed by atoms with E-state index in [1.807, 2.05) is 30.3 Å². The van der Waals surface area contributed by atoms with Crippen LogP contribution in [0.15, 0.2) is 54.6 Å². The van der Waals surface area contributed by atoms with E-state index in [1.54, 1.807) is 24.3 Å². The van der Waals surface area contributed by atoms with Crippen molar-refractivity contribution in [3.05, 3.63) is 65.2 Å². The zero-order valence-corrected chi connectivity index (χ0v) is 12.8. The maximum Gasteiger partial charge on any atom is 0.226 e. The molecule has 0 aliphatic carbocycles. The van der Waals surface area contributed by atoms with Crippen LogP contribution in [-0.4, -0.2) is 18.4 Å². The number of benzene rings is 2. The molecule has 0 heterocycles. The summed E-state index contributed by atoms with van der Waals surface area (Å²) < 4.78 is 0. The first-order valence-electron chi connectivity index (χ1n) is 6.99. The van der Waals surface area contributed by atoms with Crippen LogP contribution in [0.5, 0.6) is 0 Å². The van der Waals surface area contributed by atoms with Crippen LogP contribution in [0.3, 0.4) is 0 Å². The molecule has 2 amide bonds. The molecule has 0 radical (unpaired) electrons. The van der Waals surface area contributed by atoms with Crippen molar-refractivity contribution in [1.29, 1.82) is 0 Å². The third-order valence-corrected chi connectivity index (χ3v) is 3.26. The quantitative estimate of drug-likeness (QED) is 0.860. The van der Waals surface area contributed by atoms with Crippen molar-refractivity contribution in [3.8, 4) is 0 Å². The SMILES string of the molecule is O=C(Cc1ccccc1)NCCC(=O)Nc1ccc(Cl)cc1. The second-order valence-corrected chi connectivity index (χ2v) is 5.25. The summed E-state index contributed by atoms with van der Waals surface area (Å²) >= 11 is 5.77. The van der Waals surface area contributed by atoms with Crippen molar-refractivity contribution >= 4 is 29.1 Å². The van der Waals surface area contributed by atoms with Gasteiger partial charge in [-0.15, -0.1) is 0 Å². The minimum absolute atomic E-state index is 0.0921. The number of hydrogen-bond acceptors (Lipinski definition) is 2. The van der Waals surface area contributed by atoms with E-state index in [0.29, 0.717) is 23.7 Å². The molecular formula is C17H17ClN2O2. The van der Waals surface area contributed by atoms with E-state index in [0.717, 1.165) is 5.56 Å². The summed E-state index contributed by atoms with van der Waals surface area (Å²) in [4.78, 5) is 23.5. The summed E-state index contributed by atoms with van der Waals surface area (Å²) in [6.45, 7) is 0.311. The third kappa shape index (κ3) is 5.58. The van der Waals surface area contributed by atoms with E-state index in [2.05, 4.69) is 10.6 Å². The number of hydrogen-bond donors (Lipinski definition) is 2. The van der Waals surface area contributed by atoms with Gasteiger partial charge in [0.05, 0.1) is 6.42 Å². The molecule has 0 aliphatic rings. The van der Waals surface area contributed by atoms with Gasteiger partial charge in [0.1, 0.15) is 0 Å². The first kappa shape index (κ1) is 16.0. The Bertz CT molecular complexity index is 627. The standard InChI is InChI=1S/C17H17ClN2O2/c18-14-6-8-15(9-7-14)20-16(21)10-11-19-17(22)12-13-4-2-1-3-5-13/h1-9H,10-12H2,(H,19,22)(H,20,21). The van der Waals surface area contributed by atoms with Crippen molar-refractivity contribution in [3.63, 3.8) is 0 Å². The smallest absolute Gasteiger partial charge is 0.226 e. The van der Waals surface area contributed by atoms with Crippen molar-refractivity contribution in [2.75, 3.05) is 11.9 Å². The molecule has 0 saturated carbocycles. The Kier molecular flexibility index (Phi) is 5.98. The van der Waals surface area contributed by atoms with E-state index in [-0.39, 0.29) is 18.2 Å². The molecule has 0 spiro atoms. The lowest BCUT2D eigenvalue weighted by atomic mass is 10.1. The Hall–Kier alpha value is -2.33. The minimum atomic E-state index is -0.151. The number of halogens is 1. The number of carbonyl (C=O) groups is 2. The normalized spacial score (nSPS) is 10.0. The number of anilines is 1. The van der Waals surface area contributed by atoms with Gasteiger partial charge in [0, 0.05) is 23.7 Å². The van der Waals surface area contributed by atoms with Crippen molar-refractivity contribution in [1.82, 2.24) is 5.32 Å². The highest BCUT2D eigenvalue weighted by molar-refractivity contribution is 6.30. The number of rotatable bonds is 6. The van der Waals surface area contributed by atoms with Gasteiger partial charge in [-0.2, -0.15) is 0 Å². The van der Waals surface area contributed by atoms with Crippen LogP contribution in [0.4, 0.5) is 5.69 Å². The molecule has 0 bridgehead atoms. The predicted molar refractivity (Wildman–Crippen MR) is 87.9 cm³/mol. The molecule has 0 fully saturated rings. The molecule has 2 rings (SSSR count). The van der Waals surface area contributed by atoms with E-state index >= 15 is 0 Å². The molecule has 4 nitrogen and oxygen atoms in total. The van der Waals surface area contributed by atoms with Crippen molar-refractivity contribution in [2.24, 2.45) is 0 Å². The van der Waals surface area contributed by atoms with Gasteiger partial charge in [0.2, 0.25) is 11.8 Å². The third-order valence-electron chi connectivity index (χ3n) is 3.01. The first-order chi connectivity index (χ1) is 10.6. The molecule has 2 N–H and O–H groups in total. The van der Waals surface area contributed by atoms with E-state index in [1.165, 1.54) is 0 Å². The van der Waals surface area contributed by atoms with Crippen molar-refractivity contribution < 1.29 is 9.59 Å². The topological polar surface area (TPSA) is 58.2 Å². The molecule has 114 valence electrons. The largest absolute Gasteiger partial charge is 0.355 e. The average molecular weight is 317 g/mol. The Morgan fingerprint density at radius 1 is 0.909 bits per heavy atom. The molecule has 5 heteroatoms. The predicted octanol–water partition coefficient (Wildman–Crippen LogP) is 3.03. The summed E-state index contributed by atoms with van der Waals surface area (Å²) in [6, 6.07) is 16.4. The van der Waals surface area contributed by atoms with Crippen LogP contribution < -0.4 is 10.6 Å². The second-order valence-electron chi connectivity index (χ2n) is 4.82. The molecule has 2 aromatic rings. The average Bonchev–Trinajstić information content (AvgIpc) is 2.50. The summed E-state index contributed by atoms with van der Waals surface area (Å²) in [7, 11) is 0. The molecule has 0 unspecified atom stereocenters. The lowest BCUT2D eigenvalue weighted by molar-refractivity contribution is -0.120. The number of carbonyl (C=O) groups excluding carboxylic acids is 2. The van der Waals surface area contributed by atoms with Gasteiger partial charge >= 0.3 is 0 Å². The monoisotopic (exact) mass is 316 g/mol. The summed E-state index contributed by atoms with van der Waals surface area (Å²) in [5, 5.41) is 6.10. The van der Waals surface area contributed by atoms with Crippen LogP contribution in [0.25, 0.3) is 0 Å². The van der Waals surface area contributed by atoms with E-state index < -0.39 is 0 Å². The van der Waals surface area contributed by atoms with Gasteiger partial charge in [-0.3, -0.25) is 9.59 Å². The number of amides is 2.